The van der Waals surface area contributed by atoms with Gasteiger partial charge in [0.1, 0.15) is 5.82 Å². The van der Waals surface area contributed by atoms with E-state index in [1.165, 1.54) is 12.1 Å². The maximum absolute atomic E-state index is 12.7. The molecule has 4 nitrogen and oxygen atoms in total. The van der Waals surface area contributed by atoms with Crippen LogP contribution >= 0.6 is 0 Å². The summed E-state index contributed by atoms with van der Waals surface area (Å²) in [6.45, 7) is 0.376. The summed E-state index contributed by atoms with van der Waals surface area (Å²) in [5, 5.41) is 14.9. The van der Waals surface area contributed by atoms with Crippen LogP contribution in [-0.4, -0.2) is 17.6 Å². The Balaban J connectivity index is 1.81. The van der Waals surface area contributed by atoms with Gasteiger partial charge in [0.2, 0.25) is 5.91 Å². The monoisotopic (exact) mass is 288 g/mol. The van der Waals surface area contributed by atoms with Crippen molar-refractivity contribution >= 4 is 11.6 Å². The average molecular weight is 288 g/mol. The molecule has 0 radical (unpaired) electrons. The molecular weight excluding hydrogens is 271 g/mol. The fourth-order valence-corrected chi connectivity index (χ4v) is 1.87. The van der Waals surface area contributed by atoms with E-state index in [9.17, 15) is 14.3 Å². The van der Waals surface area contributed by atoms with Crippen LogP contribution in [0.5, 0.6) is 0 Å². The summed E-state index contributed by atoms with van der Waals surface area (Å²) in [6, 6.07) is 13.2. The minimum atomic E-state index is -0.299. The first-order valence-corrected chi connectivity index (χ1v) is 6.63. The molecule has 1 amide bonds. The number of amides is 1. The second-order valence-corrected chi connectivity index (χ2v) is 4.57. The standard InChI is InChI=1S/C16H17FN2O2/c17-14-7-5-12(6-8-14)9-19-16(21)10-18-15-4-2-1-3-13(15)11-20/h1-8,18,20H,9-11H2,(H,19,21). The summed E-state index contributed by atoms with van der Waals surface area (Å²) in [5.74, 6) is -0.473. The SMILES string of the molecule is O=C(CNc1ccccc1CO)NCc1ccc(F)cc1. The third-order valence-corrected chi connectivity index (χ3v) is 3.03. The molecule has 0 heterocycles. The van der Waals surface area contributed by atoms with E-state index in [1.54, 1.807) is 24.3 Å². The highest BCUT2D eigenvalue weighted by Gasteiger charge is 2.04. The molecule has 0 spiro atoms. The van der Waals surface area contributed by atoms with Gasteiger partial charge in [-0.15, -0.1) is 0 Å². The van der Waals surface area contributed by atoms with Crippen LogP contribution in [0.3, 0.4) is 0 Å². The lowest BCUT2D eigenvalue weighted by Crippen LogP contribution is -2.29. The smallest absolute Gasteiger partial charge is 0.239 e. The molecule has 5 heteroatoms. The lowest BCUT2D eigenvalue weighted by molar-refractivity contribution is -0.119. The van der Waals surface area contributed by atoms with Gasteiger partial charge in [-0.1, -0.05) is 30.3 Å². The van der Waals surface area contributed by atoms with E-state index in [0.717, 1.165) is 16.8 Å². The van der Waals surface area contributed by atoms with E-state index in [4.69, 9.17) is 0 Å². The number of hydrogen-bond acceptors (Lipinski definition) is 3. The lowest BCUT2D eigenvalue weighted by Gasteiger charge is -2.10. The lowest BCUT2D eigenvalue weighted by atomic mass is 10.2. The molecule has 0 aromatic heterocycles. The molecule has 0 saturated carbocycles. The van der Waals surface area contributed by atoms with Gasteiger partial charge in [0, 0.05) is 17.8 Å². The molecule has 2 rings (SSSR count). The van der Waals surface area contributed by atoms with Crippen LogP contribution in [0.2, 0.25) is 0 Å². The van der Waals surface area contributed by atoms with Gasteiger partial charge in [0.25, 0.3) is 0 Å². The Labute approximate surface area is 122 Å². The van der Waals surface area contributed by atoms with Crippen molar-refractivity contribution < 1.29 is 14.3 Å². The molecule has 0 bridgehead atoms. The Hall–Kier alpha value is -2.40. The molecule has 21 heavy (non-hydrogen) atoms. The van der Waals surface area contributed by atoms with Gasteiger partial charge in [0.15, 0.2) is 0 Å². The third kappa shape index (κ3) is 4.57. The van der Waals surface area contributed by atoms with Crippen LogP contribution in [0.25, 0.3) is 0 Å². The minimum absolute atomic E-state index is 0.0830. The van der Waals surface area contributed by atoms with Crippen LogP contribution in [0.15, 0.2) is 48.5 Å². The van der Waals surface area contributed by atoms with E-state index >= 15 is 0 Å². The minimum Gasteiger partial charge on any atom is -0.392 e. The van der Waals surface area contributed by atoms with Crippen LogP contribution in [-0.2, 0) is 17.9 Å². The zero-order valence-electron chi connectivity index (χ0n) is 11.5. The number of benzene rings is 2. The van der Waals surface area contributed by atoms with E-state index in [2.05, 4.69) is 10.6 Å². The van der Waals surface area contributed by atoms with E-state index < -0.39 is 0 Å². The van der Waals surface area contributed by atoms with Crippen molar-refractivity contribution in [2.75, 3.05) is 11.9 Å². The zero-order chi connectivity index (χ0) is 15.1. The molecular formula is C16H17FN2O2. The Bertz CT molecular complexity index is 599. The van der Waals surface area contributed by atoms with Crippen molar-refractivity contribution in [2.45, 2.75) is 13.2 Å². The van der Waals surface area contributed by atoms with Crippen molar-refractivity contribution in [1.82, 2.24) is 5.32 Å². The van der Waals surface area contributed by atoms with Crippen molar-refractivity contribution in [1.29, 1.82) is 0 Å². The highest BCUT2D eigenvalue weighted by atomic mass is 19.1. The first kappa shape index (κ1) is 15.0. The Morgan fingerprint density at radius 2 is 1.81 bits per heavy atom. The van der Waals surface area contributed by atoms with Crippen molar-refractivity contribution in [3.05, 3.63) is 65.5 Å². The first-order chi connectivity index (χ1) is 10.2. The van der Waals surface area contributed by atoms with E-state index in [1.807, 2.05) is 12.1 Å². The molecule has 0 saturated heterocycles. The summed E-state index contributed by atoms with van der Waals surface area (Å²) in [7, 11) is 0. The van der Waals surface area contributed by atoms with Gasteiger partial charge in [-0.2, -0.15) is 0 Å². The van der Waals surface area contributed by atoms with Crippen LogP contribution in [0, 0.1) is 5.82 Å². The molecule has 0 aliphatic heterocycles. The third-order valence-electron chi connectivity index (χ3n) is 3.03. The summed E-state index contributed by atoms with van der Waals surface area (Å²) >= 11 is 0. The quantitative estimate of drug-likeness (QED) is 0.762. The summed E-state index contributed by atoms with van der Waals surface area (Å²) in [6.07, 6.45) is 0. The van der Waals surface area contributed by atoms with Gasteiger partial charge in [-0.05, 0) is 23.8 Å². The number of carbonyl (C=O) groups is 1. The fraction of sp³-hybridized carbons (Fsp3) is 0.188. The van der Waals surface area contributed by atoms with Crippen LogP contribution in [0.4, 0.5) is 10.1 Å². The second kappa shape index (κ2) is 7.40. The Kier molecular flexibility index (Phi) is 5.29. The van der Waals surface area contributed by atoms with Gasteiger partial charge in [0.05, 0.1) is 13.2 Å². The molecule has 0 atom stereocenters. The number of anilines is 1. The Morgan fingerprint density at radius 3 is 2.52 bits per heavy atom. The predicted molar refractivity (Wildman–Crippen MR) is 79.1 cm³/mol. The zero-order valence-corrected chi connectivity index (χ0v) is 11.5. The molecule has 110 valence electrons. The molecule has 3 N–H and O–H groups in total. The average Bonchev–Trinajstić information content (AvgIpc) is 2.52. The topological polar surface area (TPSA) is 61.4 Å². The molecule has 0 aliphatic carbocycles. The van der Waals surface area contributed by atoms with Gasteiger partial charge in [-0.25, -0.2) is 4.39 Å². The maximum atomic E-state index is 12.7. The van der Waals surface area contributed by atoms with Crippen molar-refractivity contribution in [2.24, 2.45) is 0 Å². The predicted octanol–water partition coefficient (Wildman–Crippen LogP) is 2.05. The number of aliphatic hydroxyl groups is 1. The molecule has 0 fully saturated rings. The summed E-state index contributed by atoms with van der Waals surface area (Å²) in [4.78, 5) is 11.7. The number of para-hydroxylation sites is 1. The second-order valence-electron chi connectivity index (χ2n) is 4.57. The molecule has 0 aliphatic rings. The largest absolute Gasteiger partial charge is 0.392 e. The number of rotatable bonds is 6. The summed E-state index contributed by atoms with van der Waals surface area (Å²) < 4.78 is 12.7. The van der Waals surface area contributed by atoms with Crippen molar-refractivity contribution in [3.63, 3.8) is 0 Å². The number of hydrogen-bond donors (Lipinski definition) is 3. The van der Waals surface area contributed by atoms with E-state index in [-0.39, 0.29) is 24.9 Å². The highest BCUT2D eigenvalue weighted by molar-refractivity contribution is 5.80. The fourth-order valence-electron chi connectivity index (χ4n) is 1.87. The molecule has 2 aromatic carbocycles. The number of halogens is 1. The first-order valence-electron chi connectivity index (χ1n) is 6.63. The van der Waals surface area contributed by atoms with Gasteiger partial charge >= 0.3 is 0 Å². The number of aliphatic hydroxyl groups excluding tert-OH is 1. The van der Waals surface area contributed by atoms with Gasteiger partial charge < -0.3 is 15.7 Å². The molecule has 0 unspecified atom stereocenters. The van der Waals surface area contributed by atoms with E-state index in [0.29, 0.717) is 6.54 Å². The summed E-state index contributed by atoms with van der Waals surface area (Å²) in [5.41, 5.74) is 2.31. The van der Waals surface area contributed by atoms with Crippen molar-refractivity contribution in [3.8, 4) is 0 Å². The highest BCUT2D eigenvalue weighted by Crippen LogP contribution is 2.14. The Morgan fingerprint density at radius 1 is 1.10 bits per heavy atom. The number of nitrogens with one attached hydrogen (secondary N) is 2. The normalized spacial score (nSPS) is 10.2. The number of carbonyl (C=O) groups excluding carboxylic acids is 1. The van der Waals surface area contributed by atoms with Crippen LogP contribution < -0.4 is 10.6 Å². The van der Waals surface area contributed by atoms with Crippen LogP contribution in [0.1, 0.15) is 11.1 Å². The maximum Gasteiger partial charge on any atom is 0.239 e. The molecule has 2 aromatic rings. The van der Waals surface area contributed by atoms with Gasteiger partial charge in [-0.3, -0.25) is 4.79 Å².